The lowest BCUT2D eigenvalue weighted by molar-refractivity contribution is -0.120. The molecule has 156 valence electrons. The molecule has 2 heterocycles. The lowest BCUT2D eigenvalue weighted by atomic mass is 9.96. The summed E-state index contributed by atoms with van der Waals surface area (Å²) in [5.41, 5.74) is -0.132. The van der Waals surface area contributed by atoms with Gasteiger partial charge >= 0.3 is 5.97 Å². The molecule has 0 amide bonds. The summed E-state index contributed by atoms with van der Waals surface area (Å²) in [6, 6.07) is 0.966. The monoisotopic (exact) mass is 414 g/mol. The first-order valence-corrected chi connectivity index (χ1v) is 9.88. The number of rotatable bonds is 1. The number of phenols is 2. The van der Waals surface area contributed by atoms with E-state index in [0.717, 1.165) is 12.5 Å². The van der Waals surface area contributed by atoms with Crippen LogP contribution in [-0.4, -0.2) is 54.0 Å². The number of fused-ring (bicyclic) bond motifs is 2. The number of hydrogen-bond acceptors (Lipinski definition) is 7. The van der Waals surface area contributed by atoms with Crippen LogP contribution < -0.4 is 0 Å². The van der Waals surface area contributed by atoms with E-state index in [-0.39, 0.29) is 59.7 Å². The van der Waals surface area contributed by atoms with Gasteiger partial charge in [-0.1, -0.05) is 25.4 Å². The fourth-order valence-electron chi connectivity index (χ4n) is 3.28. The first-order chi connectivity index (χ1) is 13.4. The zero-order chi connectivity index (χ0) is 20.8. The molecule has 1 aromatic rings. The molecular formula is C20H27ClO7. The highest BCUT2D eigenvalue weighted by molar-refractivity contribution is 6.33. The van der Waals surface area contributed by atoms with Gasteiger partial charge < -0.3 is 24.4 Å². The van der Waals surface area contributed by atoms with Crippen molar-refractivity contribution < 1.29 is 34.0 Å². The molecule has 0 bridgehead atoms. The Labute approximate surface area is 169 Å². The number of carbonyl (C=O) groups excluding carboxylic acids is 2. The highest BCUT2D eigenvalue weighted by atomic mass is 35.5. The Kier molecular flexibility index (Phi) is 8.10. The van der Waals surface area contributed by atoms with Gasteiger partial charge in [-0.25, -0.2) is 4.79 Å². The smallest absolute Gasteiger partial charge is 0.342 e. The Morgan fingerprint density at radius 1 is 1.11 bits per heavy atom. The largest absolute Gasteiger partial charge is 0.507 e. The van der Waals surface area contributed by atoms with Gasteiger partial charge in [0, 0.05) is 38.0 Å². The molecule has 2 aliphatic rings. The Bertz CT molecular complexity index is 719. The van der Waals surface area contributed by atoms with Crippen LogP contribution in [0.5, 0.6) is 11.5 Å². The van der Waals surface area contributed by atoms with Gasteiger partial charge in [-0.2, -0.15) is 0 Å². The van der Waals surface area contributed by atoms with E-state index in [0.29, 0.717) is 12.8 Å². The number of aromatic hydroxyl groups is 2. The Balaban J connectivity index is 0.00000136. The van der Waals surface area contributed by atoms with Crippen molar-refractivity contribution in [2.45, 2.75) is 64.3 Å². The third-order valence-electron chi connectivity index (χ3n) is 4.78. The van der Waals surface area contributed by atoms with E-state index in [1.807, 2.05) is 13.8 Å². The van der Waals surface area contributed by atoms with Gasteiger partial charge in [-0.15, -0.1) is 0 Å². The molecule has 0 radical (unpaired) electrons. The number of cyclic esters (lactones) is 1. The molecule has 3 atom stereocenters. The van der Waals surface area contributed by atoms with Crippen LogP contribution in [0, 0.1) is 0 Å². The lowest BCUT2D eigenvalue weighted by Gasteiger charge is -2.17. The maximum absolute atomic E-state index is 12.5. The van der Waals surface area contributed by atoms with Gasteiger partial charge in [0.05, 0.1) is 29.9 Å². The molecule has 2 N–H and O–H groups in total. The second-order valence-corrected chi connectivity index (χ2v) is 6.95. The first-order valence-electron chi connectivity index (χ1n) is 9.51. The molecular weight excluding hydrogens is 388 g/mol. The summed E-state index contributed by atoms with van der Waals surface area (Å²) >= 11 is 6.09. The molecule has 3 rings (SSSR count). The maximum atomic E-state index is 12.5. The van der Waals surface area contributed by atoms with Gasteiger partial charge in [0.25, 0.3) is 0 Å². The Hall–Kier alpha value is -1.83. The molecule has 1 fully saturated rings. The minimum Gasteiger partial charge on any atom is -0.507 e. The zero-order valence-electron chi connectivity index (χ0n) is 16.4. The van der Waals surface area contributed by atoms with Crippen molar-refractivity contribution in [1.82, 2.24) is 0 Å². The summed E-state index contributed by atoms with van der Waals surface area (Å²) in [7, 11) is 1.54. The summed E-state index contributed by atoms with van der Waals surface area (Å²) in [6.45, 7) is 4.12. The average molecular weight is 415 g/mol. The molecule has 0 aromatic heterocycles. The van der Waals surface area contributed by atoms with Crippen molar-refractivity contribution in [3.05, 3.63) is 22.2 Å². The van der Waals surface area contributed by atoms with Gasteiger partial charge in [-0.3, -0.25) is 4.79 Å². The van der Waals surface area contributed by atoms with Crippen molar-refractivity contribution in [2.24, 2.45) is 0 Å². The molecule has 7 nitrogen and oxygen atoms in total. The molecule has 0 saturated carbocycles. The molecule has 0 spiro atoms. The zero-order valence-corrected chi connectivity index (χ0v) is 17.1. The van der Waals surface area contributed by atoms with Crippen LogP contribution in [0.15, 0.2) is 6.07 Å². The number of ketones is 1. The molecule has 28 heavy (non-hydrogen) atoms. The van der Waals surface area contributed by atoms with Crippen molar-refractivity contribution in [2.75, 3.05) is 13.7 Å². The first kappa shape index (κ1) is 22.5. The van der Waals surface area contributed by atoms with Crippen LogP contribution in [0.2, 0.25) is 5.02 Å². The summed E-state index contributed by atoms with van der Waals surface area (Å²) in [5.74, 6) is -1.88. The van der Waals surface area contributed by atoms with E-state index < -0.39 is 17.5 Å². The summed E-state index contributed by atoms with van der Waals surface area (Å²) < 4.78 is 16.1. The Morgan fingerprint density at radius 2 is 1.79 bits per heavy atom. The molecule has 1 aromatic carbocycles. The fraction of sp³-hybridized carbons (Fsp3) is 0.600. The number of halogens is 1. The normalized spacial score (nSPS) is 25.4. The summed E-state index contributed by atoms with van der Waals surface area (Å²) in [4.78, 5) is 24.9. The quantitative estimate of drug-likeness (QED) is 0.535. The van der Waals surface area contributed by atoms with Gasteiger partial charge in [0.2, 0.25) is 0 Å². The van der Waals surface area contributed by atoms with Crippen LogP contribution >= 0.6 is 11.6 Å². The molecule has 3 unspecified atom stereocenters. The number of esters is 1. The highest BCUT2D eigenvalue weighted by Gasteiger charge is 2.39. The topological polar surface area (TPSA) is 106 Å². The SMILES string of the molecule is CC.COC1CCC2OC2CCOC(=O)c2c(O)cc(O)c(Cl)c2CC(=O)C1. The second kappa shape index (κ2) is 10.1. The van der Waals surface area contributed by atoms with Crippen LogP contribution in [0.1, 0.15) is 55.5 Å². The van der Waals surface area contributed by atoms with Crippen LogP contribution in [-0.2, 0) is 25.4 Å². The Morgan fingerprint density at radius 3 is 2.46 bits per heavy atom. The maximum Gasteiger partial charge on any atom is 0.342 e. The highest BCUT2D eigenvalue weighted by Crippen LogP contribution is 2.38. The van der Waals surface area contributed by atoms with E-state index >= 15 is 0 Å². The van der Waals surface area contributed by atoms with Crippen molar-refractivity contribution >= 4 is 23.4 Å². The standard InChI is InChI=1S/C18H21ClO7.C2H6/c1-24-10-2-3-14-15(26-14)4-5-25-18(23)16-11(7-9(20)6-10)17(19)13(22)8-12(16)21;1-2/h8,10,14-15,21-22H,2-7H2,1H3;1-2H3. The average Bonchev–Trinajstić information content (AvgIpc) is 3.42. The predicted octanol–water partition coefficient (Wildman–Crippen LogP) is 3.40. The lowest BCUT2D eigenvalue weighted by Crippen LogP contribution is -2.20. The summed E-state index contributed by atoms with van der Waals surface area (Å²) in [5, 5.41) is 19.8. The minimum atomic E-state index is -0.787. The van der Waals surface area contributed by atoms with Crippen LogP contribution in [0.25, 0.3) is 0 Å². The molecule has 8 heteroatoms. The van der Waals surface area contributed by atoms with Gasteiger partial charge in [0.15, 0.2) is 0 Å². The van der Waals surface area contributed by atoms with Crippen molar-refractivity contribution in [3.63, 3.8) is 0 Å². The number of Topliss-reactive ketones (excluding diaryl/α,β-unsaturated/α-hetero) is 1. The van der Waals surface area contributed by atoms with Gasteiger partial charge in [-0.05, 0) is 12.8 Å². The van der Waals surface area contributed by atoms with Crippen LogP contribution in [0.3, 0.4) is 0 Å². The third-order valence-corrected chi connectivity index (χ3v) is 5.21. The van der Waals surface area contributed by atoms with Crippen molar-refractivity contribution in [3.8, 4) is 11.5 Å². The van der Waals surface area contributed by atoms with E-state index in [9.17, 15) is 19.8 Å². The number of methoxy groups -OCH3 is 1. The minimum absolute atomic E-state index is 0.0235. The van der Waals surface area contributed by atoms with Gasteiger partial charge in [0.1, 0.15) is 22.8 Å². The van der Waals surface area contributed by atoms with E-state index in [1.165, 1.54) is 0 Å². The van der Waals surface area contributed by atoms with Crippen molar-refractivity contribution in [1.29, 1.82) is 0 Å². The number of carbonyl (C=O) groups is 2. The molecule has 0 aliphatic carbocycles. The molecule has 1 saturated heterocycles. The number of hydrogen-bond donors (Lipinski definition) is 2. The van der Waals surface area contributed by atoms with E-state index in [4.69, 9.17) is 25.8 Å². The predicted molar refractivity (Wildman–Crippen MR) is 103 cm³/mol. The number of epoxide rings is 1. The number of benzene rings is 1. The third kappa shape index (κ3) is 5.37. The van der Waals surface area contributed by atoms with Crippen LogP contribution in [0.4, 0.5) is 0 Å². The molecule has 2 aliphatic heterocycles. The number of phenolic OH excluding ortho intramolecular Hbond substituents is 2. The van der Waals surface area contributed by atoms with E-state index in [2.05, 4.69) is 0 Å². The van der Waals surface area contributed by atoms with E-state index in [1.54, 1.807) is 7.11 Å². The summed E-state index contributed by atoms with van der Waals surface area (Å²) in [6.07, 6.45) is 1.76. The second-order valence-electron chi connectivity index (χ2n) is 6.57. The fourth-order valence-corrected chi connectivity index (χ4v) is 3.50. The number of ether oxygens (including phenoxy) is 3.